The van der Waals surface area contributed by atoms with Crippen LogP contribution in [0.5, 0.6) is 0 Å². The van der Waals surface area contributed by atoms with Crippen molar-refractivity contribution in [2.45, 2.75) is 71.3 Å². The van der Waals surface area contributed by atoms with Gasteiger partial charge in [-0.25, -0.2) is 14.4 Å². The number of carbonyl (C=O) groups is 1. The zero-order valence-electron chi connectivity index (χ0n) is 21.0. The summed E-state index contributed by atoms with van der Waals surface area (Å²) in [5, 5.41) is 3.51. The van der Waals surface area contributed by atoms with E-state index in [4.69, 9.17) is 9.16 Å². The fraction of sp³-hybridized carbons (Fsp3) is 0.480. The van der Waals surface area contributed by atoms with Crippen molar-refractivity contribution in [1.29, 1.82) is 0 Å². The Morgan fingerprint density at radius 3 is 2.44 bits per heavy atom. The number of aromatic nitrogens is 3. The Morgan fingerprint density at radius 1 is 1.15 bits per heavy atom. The third-order valence-corrected chi connectivity index (χ3v) is 10.9. The topological polar surface area (TPSA) is 78.3 Å². The average Bonchev–Trinajstić information content (AvgIpc) is 3.21. The summed E-state index contributed by atoms with van der Waals surface area (Å²) >= 11 is 0. The number of anilines is 1. The van der Waals surface area contributed by atoms with Crippen LogP contribution in [0.25, 0.3) is 11.0 Å². The first-order valence-corrected chi connectivity index (χ1v) is 14.4. The van der Waals surface area contributed by atoms with E-state index >= 15 is 0 Å². The lowest BCUT2D eigenvalue weighted by molar-refractivity contribution is -0.0481. The highest BCUT2D eigenvalue weighted by atomic mass is 28.4. The van der Waals surface area contributed by atoms with Crippen LogP contribution < -0.4 is 5.32 Å². The van der Waals surface area contributed by atoms with Crippen LogP contribution >= 0.6 is 0 Å². The van der Waals surface area contributed by atoms with E-state index in [9.17, 15) is 9.18 Å². The number of halogens is 1. The van der Waals surface area contributed by atoms with E-state index < -0.39 is 26.8 Å². The van der Waals surface area contributed by atoms with Gasteiger partial charge in [0.15, 0.2) is 8.32 Å². The van der Waals surface area contributed by atoms with Gasteiger partial charge < -0.3 is 19.0 Å². The monoisotopic (exact) mass is 486 g/mol. The lowest BCUT2D eigenvalue weighted by atomic mass is 10.2. The molecule has 2 heterocycles. The third-order valence-electron chi connectivity index (χ3n) is 6.44. The van der Waals surface area contributed by atoms with Crippen LogP contribution in [0.15, 0.2) is 48.9 Å². The highest BCUT2D eigenvalue weighted by Crippen LogP contribution is 2.38. The molecule has 0 aliphatic carbocycles. The van der Waals surface area contributed by atoms with Crippen LogP contribution in [0.3, 0.4) is 0 Å². The minimum absolute atomic E-state index is 0.0279. The summed E-state index contributed by atoms with van der Waals surface area (Å²) in [6, 6.07) is 10.8. The number of amides is 1. The Kier molecular flexibility index (Phi) is 7.90. The largest absolute Gasteiger partial charge is 0.409 e. The molecule has 2 unspecified atom stereocenters. The van der Waals surface area contributed by atoms with Gasteiger partial charge in [0.25, 0.3) is 5.91 Å². The van der Waals surface area contributed by atoms with E-state index in [0.717, 1.165) is 0 Å². The second-order valence-electron chi connectivity index (χ2n) is 10.0. The van der Waals surface area contributed by atoms with Gasteiger partial charge in [0.05, 0.1) is 18.1 Å². The fourth-order valence-corrected chi connectivity index (χ4v) is 4.63. The Morgan fingerprint density at radius 2 is 1.82 bits per heavy atom. The highest BCUT2D eigenvalue weighted by molar-refractivity contribution is 6.74. The molecule has 0 spiro atoms. The Hall–Kier alpha value is -2.62. The summed E-state index contributed by atoms with van der Waals surface area (Å²) in [4.78, 5) is 21.2. The van der Waals surface area contributed by atoms with E-state index in [1.165, 1.54) is 13.3 Å². The van der Waals surface area contributed by atoms with E-state index in [-0.39, 0.29) is 17.6 Å². The van der Waals surface area contributed by atoms with Gasteiger partial charge in [0, 0.05) is 11.8 Å². The van der Waals surface area contributed by atoms with Crippen LogP contribution in [0.4, 0.5) is 10.2 Å². The second kappa shape index (κ2) is 10.3. The van der Waals surface area contributed by atoms with Crippen molar-refractivity contribution in [1.82, 2.24) is 14.5 Å². The van der Waals surface area contributed by atoms with Gasteiger partial charge in [-0.05, 0) is 50.2 Å². The molecule has 34 heavy (non-hydrogen) atoms. The number of nitrogens with one attached hydrogen (secondary N) is 1. The molecule has 184 valence electrons. The van der Waals surface area contributed by atoms with Gasteiger partial charge in [0.2, 0.25) is 0 Å². The molecule has 1 amide bonds. The molecule has 0 saturated carbocycles. The molecule has 1 N–H and O–H groups in total. The number of fused-ring (bicyclic) bond motifs is 1. The second-order valence-corrected chi connectivity index (χ2v) is 14.8. The molecule has 0 bridgehead atoms. The fourth-order valence-electron chi connectivity index (χ4n) is 3.26. The Labute approximate surface area is 201 Å². The molecule has 7 nitrogen and oxygen atoms in total. The van der Waals surface area contributed by atoms with Crippen molar-refractivity contribution in [3.8, 4) is 0 Å². The number of nitrogens with zero attached hydrogens (tertiary/aromatic N) is 3. The van der Waals surface area contributed by atoms with E-state index in [1.54, 1.807) is 24.3 Å². The zero-order chi connectivity index (χ0) is 25.1. The van der Waals surface area contributed by atoms with Crippen molar-refractivity contribution in [3.05, 3.63) is 54.5 Å². The molecule has 0 aliphatic rings. The van der Waals surface area contributed by atoms with Gasteiger partial charge in [0.1, 0.15) is 30.2 Å². The maximum absolute atomic E-state index is 14.4. The smallest absolute Gasteiger partial charge is 0.256 e. The Bertz CT molecular complexity index is 1110. The number of rotatable bonds is 9. The summed E-state index contributed by atoms with van der Waals surface area (Å²) in [6.45, 7) is 14.1. The minimum Gasteiger partial charge on any atom is -0.409 e. The number of carbonyl (C=O) groups excluding carboxylic acids is 1. The molecule has 0 saturated heterocycles. The summed E-state index contributed by atoms with van der Waals surface area (Å²) < 4.78 is 28.5. The summed E-state index contributed by atoms with van der Waals surface area (Å²) in [6.07, 6.45) is 0.990. The minimum atomic E-state index is -2.15. The van der Waals surface area contributed by atoms with E-state index in [1.807, 2.05) is 29.8 Å². The summed E-state index contributed by atoms with van der Waals surface area (Å²) in [5.74, 6) is 0.168. The van der Waals surface area contributed by atoms with Gasteiger partial charge in [-0.1, -0.05) is 39.0 Å². The van der Waals surface area contributed by atoms with Gasteiger partial charge in [-0.2, -0.15) is 0 Å². The molecular formula is C25H35FN4O3Si. The van der Waals surface area contributed by atoms with Gasteiger partial charge in [-0.15, -0.1) is 0 Å². The van der Waals surface area contributed by atoms with Crippen LogP contribution in [0.1, 0.15) is 51.2 Å². The predicted octanol–water partition coefficient (Wildman–Crippen LogP) is 5.97. The van der Waals surface area contributed by atoms with Gasteiger partial charge >= 0.3 is 0 Å². The maximum atomic E-state index is 14.4. The number of alkyl halides is 1. The summed E-state index contributed by atoms with van der Waals surface area (Å²) in [7, 11) is -2.15. The highest BCUT2D eigenvalue weighted by Gasteiger charge is 2.40. The van der Waals surface area contributed by atoms with Crippen LogP contribution in [-0.2, 0) is 9.16 Å². The molecule has 1 aromatic carbocycles. The van der Waals surface area contributed by atoms with E-state index in [0.29, 0.717) is 22.4 Å². The van der Waals surface area contributed by atoms with Crippen molar-refractivity contribution in [2.75, 3.05) is 11.9 Å². The van der Waals surface area contributed by atoms with Crippen molar-refractivity contribution < 1.29 is 18.3 Å². The lowest BCUT2D eigenvalue weighted by Gasteiger charge is -2.39. The predicted molar refractivity (Wildman–Crippen MR) is 135 cm³/mol. The Balaban J connectivity index is 1.74. The first-order chi connectivity index (χ1) is 15.9. The maximum Gasteiger partial charge on any atom is 0.256 e. The number of hydrogen-bond acceptors (Lipinski definition) is 5. The number of ether oxygens (including phenoxy) is 1. The van der Waals surface area contributed by atoms with Gasteiger partial charge in [-0.3, -0.25) is 4.79 Å². The van der Waals surface area contributed by atoms with Crippen LogP contribution in [-0.4, -0.2) is 47.6 Å². The molecule has 2 aromatic heterocycles. The lowest BCUT2D eigenvalue weighted by Crippen LogP contribution is -2.47. The molecular weight excluding hydrogens is 451 g/mol. The molecule has 9 heteroatoms. The molecule has 0 aliphatic heterocycles. The molecule has 3 atom stereocenters. The quantitative estimate of drug-likeness (QED) is 0.377. The van der Waals surface area contributed by atoms with E-state index in [2.05, 4.69) is 49.1 Å². The summed E-state index contributed by atoms with van der Waals surface area (Å²) in [5.41, 5.74) is 1.15. The average molecular weight is 487 g/mol. The van der Waals surface area contributed by atoms with Crippen molar-refractivity contribution >= 4 is 31.1 Å². The normalized spacial score (nSPS) is 15.2. The molecule has 0 radical (unpaired) electrons. The standard InChI is InChI=1S/C25H35FN4O3Si/c1-17(26)21(33-34(6,7)25(3,4)5)15-32-18(2)30-14-13-20-22(27-16-28-23(20)30)29-24(31)19-11-9-8-10-12-19/h8-14,16-18,21H,15H2,1-7H3,(H,27,28,29,31)/t17?,18?,21-/m1/s1. The SMILES string of the molecule is CC(F)[C@@H](COC(C)n1ccc2c(NC(=O)c3ccccc3)ncnc21)O[Si](C)(C)C(C)(C)C. The van der Waals surface area contributed by atoms with Crippen molar-refractivity contribution in [3.63, 3.8) is 0 Å². The van der Waals surface area contributed by atoms with Crippen LogP contribution in [0, 0.1) is 0 Å². The first-order valence-electron chi connectivity index (χ1n) is 11.5. The third kappa shape index (κ3) is 5.89. The van der Waals surface area contributed by atoms with Crippen LogP contribution in [0.2, 0.25) is 18.1 Å². The van der Waals surface area contributed by atoms with Crippen molar-refractivity contribution in [2.24, 2.45) is 0 Å². The zero-order valence-corrected chi connectivity index (χ0v) is 22.0. The molecule has 3 rings (SSSR count). The molecule has 3 aromatic rings. The number of benzene rings is 1. The molecule has 0 fully saturated rings. The number of hydrogen-bond donors (Lipinski definition) is 1. The first kappa shape index (κ1) is 26.0.